The van der Waals surface area contributed by atoms with E-state index in [1.54, 1.807) is 46.8 Å². The van der Waals surface area contributed by atoms with Gasteiger partial charge in [-0.2, -0.15) is 26.3 Å². The van der Waals surface area contributed by atoms with Crippen LogP contribution in [0.4, 0.5) is 32.0 Å². The van der Waals surface area contributed by atoms with Crippen LogP contribution in [0.3, 0.4) is 0 Å². The third-order valence-corrected chi connectivity index (χ3v) is 11.0. The highest BCUT2D eigenvalue weighted by Crippen LogP contribution is 2.50. The van der Waals surface area contributed by atoms with Crippen molar-refractivity contribution in [1.82, 2.24) is 10.6 Å². The van der Waals surface area contributed by atoms with Crippen LogP contribution in [-0.2, 0) is 25.3 Å². The fraction of sp³-hybridized carbons (Fsp3) is 0.457. The molecule has 5 N–H and O–H groups in total. The van der Waals surface area contributed by atoms with Crippen molar-refractivity contribution in [1.29, 1.82) is 0 Å². The molecule has 49 heavy (non-hydrogen) atoms. The number of anilines is 1. The smallest absolute Gasteiger partial charge is 0.390 e. The Balaban J connectivity index is 1.37. The van der Waals surface area contributed by atoms with Crippen LogP contribution in [0.2, 0.25) is 0 Å². The number of nitrogens with zero attached hydrogens (tertiary/aromatic N) is 1. The highest BCUT2D eigenvalue weighted by molar-refractivity contribution is 8.25. The van der Waals surface area contributed by atoms with Gasteiger partial charge in [0.1, 0.15) is 0 Å². The number of amides is 1. The summed E-state index contributed by atoms with van der Waals surface area (Å²) in [5, 5.41) is 16.9. The van der Waals surface area contributed by atoms with Crippen LogP contribution in [0.1, 0.15) is 82.6 Å². The summed E-state index contributed by atoms with van der Waals surface area (Å²) in [5.41, 5.74) is -0.614. The molecule has 1 aliphatic heterocycles. The van der Waals surface area contributed by atoms with Gasteiger partial charge in [0.15, 0.2) is 0 Å². The number of carbonyl (C=O) groups excluding carboxylic acids is 1. The molecule has 14 heteroatoms. The Hall–Kier alpha value is -3.30. The van der Waals surface area contributed by atoms with E-state index in [1.807, 2.05) is 6.07 Å². The number of aliphatic hydroxyl groups is 1. The van der Waals surface area contributed by atoms with E-state index >= 15 is 0 Å². The third kappa shape index (κ3) is 9.69. The van der Waals surface area contributed by atoms with E-state index in [2.05, 4.69) is 10.6 Å². The van der Waals surface area contributed by atoms with Crippen LogP contribution in [-0.4, -0.2) is 51.1 Å². The maximum atomic E-state index is 13.9. The van der Waals surface area contributed by atoms with Crippen molar-refractivity contribution in [2.75, 3.05) is 23.1 Å². The zero-order valence-electron chi connectivity index (χ0n) is 26.7. The van der Waals surface area contributed by atoms with E-state index in [9.17, 15) is 45.3 Å². The number of hydrogen-bond donors (Lipinski definition) is 5. The quantitative estimate of drug-likeness (QED) is 0.129. The molecule has 1 aliphatic carbocycles. The highest BCUT2D eigenvalue weighted by atomic mass is 32.3. The predicted octanol–water partition coefficient (Wildman–Crippen LogP) is 8.14. The van der Waals surface area contributed by atoms with Crippen molar-refractivity contribution in [3.8, 4) is 0 Å². The van der Waals surface area contributed by atoms with E-state index in [0.29, 0.717) is 30.8 Å². The van der Waals surface area contributed by atoms with Crippen molar-refractivity contribution in [3.05, 3.63) is 100 Å². The molecule has 0 spiro atoms. The molecule has 3 aromatic rings. The second-order valence-electron chi connectivity index (χ2n) is 12.8. The number of hydrogen-bond acceptors (Lipinski definition) is 6. The molecule has 2 fully saturated rings. The minimum atomic E-state index is -4.99. The zero-order valence-corrected chi connectivity index (χ0v) is 27.6. The average Bonchev–Trinajstić information content (AvgIpc) is 3.59. The number of benzene rings is 3. The second kappa shape index (κ2) is 15.3. The summed E-state index contributed by atoms with van der Waals surface area (Å²) in [4.78, 5) is 13.9. The van der Waals surface area contributed by atoms with Crippen molar-refractivity contribution in [3.63, 3.8) is 0 Å². The molecule has 0 unspecified atom stereocenters. The normalized spacial score (nSPS) is 19.0. The molecule has 1 saturated heterocycles. The Morgan fingerprint density at radius 2 is 1.51 bits per heavy atom. The van der Waals surface area contributed by atoms with Gasteiger partial charge in [0.05, 0.1) is 34.7 Å². The van der Waals surface area contributed by atoms with Gasteiger partial charge in [-0.3, -0.25) is 18.2 Å². The molecule has 1 amide bonds. The van der Waals surface area contributed by atoms with Crippen LogP contribution in [0.15, 0.2) is 66.7 Å². The fourth-order valence-corrected chi connectivity index (χ4v) is 8.22. The molecular weight excluding hydrogens is 672 g/mol. The number of alkyl halides is 6. The van der Waals surface area contributed by atoms with Crippen molar-refractivity contribution in [2.24, 2.45) is 0 Å². The molecule has 1 saturated carbocycles. The van der Waals surface area contributed by atoms with Crippen molar-refractivity contribution in [2.45, 2.75) is 81.9 Å². The van der Waals surface area contributed by atoms with E-state index in [0.717, 1.165) is 43.2 Å². The molecule has 0 aromatic heterocycles. The standard InChI is InChI=1S/C35H41F6N3O4S/c36-34(37,38)28-14-24(15-29(20-28)35(39,40)41)21-42-22-32(45)31(16-23-8-2-1-3-9-23)43-33(46)27-17-26(25-10-4-5-11-25)18-30(19-27)44-12-6-7-13-49(44,47)48/h1-3,8-9,14-15,17-20,25,31-32,42,45,47-48H,4-7,10-13,16,21-22H2,(H,43,46)/t31-,32-/m0/s1. The van der Waals surface area contributed by atoms with Gasteiger partial charge in [0.2, 0.25) is 0 Å². The zero-order chi connectivity index (χ0) is 35.4. The van der Waals surface area contributed by atoms with E-state index in [1.165, 1.54) is 0 Å². The topological polar surface area (TPSA) is 105 Å². The maximum absolute atomic E-state index is 13.9. The molecule has 3 aromatic carbocycles. The van der Waals surface area contributed by atoms with Crippen LogP contribution >= 0.6 is 10.8 Å². The van der Waals surface area contributed by atoms with Crippen LogP contribution in [0.25, 0.3) is 0 Å². The lowest BCUT2D eigenvalue weighted by atomic mass is 9.94. The second-order valence-corrected chi connectivity index (χ2v) is 14.9. The van der Waals surface area contributed by atoms with Gasteiger partial charge in [0, 0.05) is 25.2 Å². The Labute approximate surface area is 283 Å². The monoisotopic (exact) mass is 713 g/mol. The molecule has 5 rings (SSSR count). The van der Waals surface area contributed by atoms with Crippen LogP contribution < -0.4 is 14.9 Å². The van der Waals surface area contributed by atoms with Gasteiger partial charge in [-0.05, 0) is 91.1 Å². The van der Waals surface area contributed by atoms with Gasteiger partial charge in [-0.25, -0.2) is 0 Å². The SMILES string of the molecule is O=C(N[C@@H](Cc1ccccc1)[C@@H](O)CNCc1cc(C(F)(F)F)cc(C(F)(F)F)c1)c1cc(C2CCCC2)cc(N2CCCCS2(O)O)c1. The summed E-state index contributed by atoms with van der Waals surface area (Å²) in [7, 11) is -3.06. The van der Waals surface area contributed by atoms with Crippen LogP contribution in [0.5, 0.6) is 0 Å². The third-order valence-electron chi connectivity index (χ3n) is 9.11. The summed E-state index contributed by atoms with van der Waals surface area (Å²) in [6, 6.07) is 14.7. The Morgan fingerprint density at radius 3 is 2.12 bits per heavy atom. The molecule has 0 radical (unpaired) electrons. The first-order valence-electron chi connectivity index (χ1n) is 16.3. The largest absolute Gasteiger partial charge is 0.416 e. The minimum absolute atomic E-state index is 0.0601. The van der Waals surface area contributed by atoms with Gasteiger partial charge < -0.3 is 15.7 Å². The molecule has 1 heterocycles. The fourth-order valence-electron chi connectivity index (χ4n) is 6.54. The first-order chi connectivity index (χ1) is 23.1. The molecule has 7 nitrogen and oxygen atoms in total. The molecule has 268 valence electrons. The molecule has 2 aliphatic rings. The number of rotatable bonds is 11. The Kier molecular flexibility index (Phi) is 11.5. The molecule has 0 bridgehead atoms. The average molecular weight is 714 g/mol. The Morgan fingerprint density at radius 1 is 0.857 bits per heavy atom. The van der Waals surface area contributed by atoms with Gasteiger partial charge >= 0.3 is 12.4 Å². The first kappa shape index (κ1) is 37.0. The first-order valence-corrected chi connectivity index (χ1v) is 18.0. The summed E-state index contributed by atoms with van der Waals surface area (Å²) >= 11 is 0. The van der Waals surface area contributed by atoms with Crippen LogP contribution in [0, 0.1) is 0 Å². The number of carbonyl (C=O) groups is 1. The minimum Gasteiger partial charge on any atom is -0.390 e. The van der Waals surface area contributed by atoms with Crippen molar-refractivity contribution < 1.29 is 45.3 Å². The molecular formula is C35H41F6N3O4S. The highest BCUT2D eigenvalue weighted by Gasteiger charge is 2.37. The van der Waals surface area contributed by atoms with E-state index in [-0.39, 0.29) is 41.8 Å². The maximum Gasteiger partial charge on any atom is 0.416 e. The summed E-state index contributed by atoms with van der Waals surface area (Å²) in [5.74, 6) is -0.0672. The number of halogens is 6. The Bertz CT molecular complexity index is 1550. The van der Waals surface area contributed by atoms with E-state index in [4.69, 9.17) is 0 Å². The van der Waals surface area contributed by atoms with Crippen molar-refractivity contribution >= 4 is 22.4 Å². The lowest BCUT2D eigenvalue weighted by Crippen LogP contribution is -2.48. The summed E-state index contributed by atoms with van der Waals surface area (Å²) in [6.45, 7) is -0.225. The van der Waals surface area contributed by atoms with Gasteiger partial charge in [-0.1, -0.05) is 43.2 Å². The summed E-state index contributed by atoms with van der Waals surface area (Å²) < 4.78 is 103. The summed E-state index contributed by atoms with van der Waals surface area (Å²) in [6.07, 6.45) is -5.66. The number of aliphatic hydroxyl groups excluding tert-OH is 1. The van der Waals surface area contributed by atoms with Gasteiger partial charge in [-0.15, -0.1) is 10.8 Å². The lowest BCUT2D eigenvalue weighted by Gasteiger charge is -2.47. The lowest BCUT2D eigenvalue weighted by molar-refractivity contribution is -0.143. The molecule has 2 atom stereocenters. The predicted molar refractivity (Wildman–Crippen MR) is 178 cm³/mol. The van der Waals surface area contributed by atoms with Gasteiger partial charge in [0.25, 0.3) is 5.91 Å². The number of nitrogens with one attached hydrogen (secondary N) is 2. The van der Waals surface area contributed by atoms with E-state index < -0.39 is 58.9 Å².